The van der Waals surface area contributed by atoms with Gasteiger partial charge in [-0.1, -0.05) is 23.8 Å². The standard InChI is InChI=1S/C29H21N3O4S3.H3N/c1-16-3-6-18(7-4-16)27(33)30-21-11-8-19(9-12-21)28-31-22-14-10-20(15-24(22)37-28)29-32-23-13-5-17(2)26(25(23)38-29)39(34,35)36;/h3-15H,1-2H3,(H,30,33)(H,34,35,36);1H3. The Morgan fingerprint density at radius 1 is 0.800 bits per heavy atom. The maximum Gasteiger partial charge on any atom is 0.255 e. The molecule has 0 aliphatic carbocycles. The fourth-order valence-electron chi connectivity index (χ4n) is 4.29. The van der Waals surface area contributed by atoms with Crippen LogP contribution in [0.2, 0.25) is 0 Å². The van der Waals surface area contributed by atoms with Crippen molar-refractivity contribution in [2.45, 2.75) is 18.7 Å². The van der Waals surface area contributed by atoms with E-state index in [-0.39, 0.29) is 17.0 Å². The summed E-state index contributed by atoms with van der Waals surface area (Å²) in [5.41, 5.74) is 5.85. The number of carbonyl (C=O) groups is 1. The van der Waals surface area contributed by atoms with Gasteiger partial charge in [0.15, 0.2) is 0 Å². The first-order chi connectivity index (χ1) is 18.7. The molecule has 0 aliphatic rings. The van der Waals surface area contributed by atoms with Crippen molar-refractivity contribution in [3.8, 4) is 21.1 Å². The zero-order valence-electron chi connectivity index (χ0n) is 21.8. The first kappa shape index (κ1) is 27.6. The van der Waals surface area contributed by atoms with Gasteiger partial charge in [-0.25, -0.2) is 18.4 Å². The van der Waals surface area contributed by atoms with Crippen LogP contribution in [0.5, 0.6) is 0 Å². The van der Waals surface area contributed by atoms with Gasteiger partial charge in [-0.15, -0.1) is 22.7 Å². The van der Waals surface area contributed by atoms with Crippen molar-refractivity contribution in [3.63, 3.8) is 0 Å². The van der Waals surface area contributed by atoms with Gasteiger partial charge in [0.05, 0.1) is 25.3 Å². The SMILES string of the molecule is Cc1ccc(C(=O)Nc2ccc(-c3nc4ccc(-c5nc6ccc(C)c(S(=O)(=O)[O-])c6s5)cc4s3)cc2)cc1.[NH4+]. The monoisotopic (exact) mass is 588 g/mol. The number of aryl methyl sites for hydroxylation is 2. The summed E-state index contributed by atoms with van der Waals surface area (Å²) in [5, 5.41) is 4.38. The van der Waals surface area contributed by atoms with Crippen LogP contribution < -0.4 is 11.5 Å². The van der Waals surface area contributed by atoms with Gasteiger partial charge in [0, 0.05) is 22.4 Å². The third-order valence-electron chi connectivity index (χ3n) is 6.30. The first-order valence-electron chi connectivity index (χ1n) is 11.9. The summed E-state index contributed by atoms with van der Waals surface area (Å²) in [5.74, 6) is -0.166. The fourth-order valence-corrected chi connectivity index (χ4v) is 7.58. The molecule has 0 saturated heterocycles. The zero-order chi connectivity index (χ0) is 27.3. The van der Waals surface area contributed by atoms with Crippen LogP contribution in [0.15, 0.2) is 83.8 Å². The van der Waals surface area contributed by atoms with Gasteiger partial charge in [0.2, 0.25) is 0 Å². The lowest BCUT2D eigenvalue weighted by Gasteiger charge is -2.10. The van der Waals surface area contributed by atoms with Crippen LogP contribution in [0.3, 0.4) is 0 Å². The lowest BCUT2D eigenvalue weighted by Crippen LogP contribution is -2.11. The zero-order valence-corrected chi connectivity index (χ0v) is 24.2. The Morgan fingerprint density at radius 2 is 1.43 bits per heavy atom. The molecular formula is C29H24N4O4S3. The summed E-state index contributed by atoms with van der Waals surface area (Å²) in [6.07, 6.45) is 0. The van der Waals surface area contributed by atoms with Crippen LogP contribution in [0.4, 0.5) is 5.69 Å². The number of aromatic nitrogens is 2. The van der Waals surface area contributed by atoms with Gasteiger partial charge >= 0.3 is 0 Å². The van der Waals surface area contributed by atoms with Crippen LogP contribution in [0, 0.1) is 13.8 Å². The molecule has 5 N–H and O–H groups in total. The molecule has 0 fully saturated rings. The highest BCUT2D eigenvalue weighted by Crippen LogP contribution is 2.38. The van der Waals surface area contributed by atoms with Crippen LogP contribution in [-0.2, 0) is 10.1 Å². The maximum atomic E-state index is 12.5. The second-order valence-electron chi connectivity index (χ2n) is 9.13. The average molecular weight is 589 g/mol. The summed E-state index contributed by atoms with van der Waals surface area (Å²) < 4.78 is 36.9. The number of nitrogens with zero attached hydrogens (tertiary/aromatic N) is 2. The van der Waals surface area contributed by atoms with Gasteiger partial charge < -0.3 is 16.0 Å². The third-order valence-corrected chi connectivity index (χ3v) is 9.66. The van der Waals surface area contributed by atoms with E-state index in [1.54, 1.807) is 31.2 Å². The van der Waals surface area contributed by atoms with E-state index in [0.29, 0.717) is 32.0 Å². The van der Waals surface area contributed by atoms with E-state index in [4.69, 9.17) is 4.98 Å². The summed E-state index contributed by atoms with van der Waals surface area (Å²) >= 11 is 2.72. The third kappa shape index (κ3) is 5.25. The molecule has 0 unspecified atom stereocenters. The highest BCUT2D eigenvalue weighted by atomic mass is 32.2. The topological polar surface area (TPSA) is 149 Å². The van der Waals surface area contributed by atoms with Crippen molar-refractivity contribution in [2.24, 2.45) is 0 Å². The molecule has 0 saturated carbocycles. The van der Waals surface area contributed by atoms with Gasteiger partial charge in [-0.2, -0.15) is 0 Å². The lowest BCUT2D eigenvalue weighted by atomic mass is 10.1. The minimum atomic E-state index is -4.63. The van der Waals surface area contributed by atoms with Gasteiger partial charge in [-0.3, -0.25) is 4.79 Å². The molecule has 11 heteroatoms. The number of fused-ring (bicyclic) bond motifs is 2. The summed E-state index contributed by atoms with van der Waals surface area (Å²) in [6, 6.07) is 24.1. The molecule has 2 heterocycles. The molecule has 202 valence electrons. The smallest absolute Gasteiger partial charge is 0.255 e. The van der Waals surface area contributed by atoms with Crippen LogP contribution >= 0.6 is 22.7 Å². The van der Waals surface area contributed by atoms with E-state index in [0.717, 1.165) is 31.9 Å². The number of anilines is 1. The number of benzene rings is 4. The summed E-state index contributed by atoms with van der Waals surface area (Å²) in [6.45, 7) is 3.59. The number of nitrogens with one attached hydrogen (secondary N) is 1. The normalized spacial score (nSPS) is 11.5. The van der Waals surface area contributed by atoms with E-state index in [1.807, 2.05) is 61.5 Å². The molecule has 0 radical (unpaired) electrons. The molecule has 40 heavy (non-hydrogen) atoms. The Hall–Kier alpha value is -4.00. The molecule has 0 bridgehead atoms. The van der Waals surface area contributed by atoms with Crippen LogP contribution in [0.25, 0.3) is 41.6 Å². The highest BCUT2D eigenvalue weighted by molar-refractivity contribution is 7.86. The molecule has 0 aliphatic heterocycles. The predicted molar refractivity (Wildman–Crippen MR) is 161 cm³/mol. The van der Waals surface area contributed by atoms with Crippen molar-refractivity contribution in [1.29, 1.82) is 0 Å². The Labute approximate surface area is 238 Å². The number of carbonyl (C=O) groups excluding carboxylic acids is 1. The van der Waals surface area contributed by atoms with Crippen LogP contribution in [-0.4, -0.2) is 28.8 Å². The summed E-state index contributed by atoms with van der Waals surface area (Å²) in [4.78, 5) is 21.7. The van der Waals surface area contributed by atoms with Gasteiger partial charge in [0.1, 0.15) is 20.1 Å². The van der Waals surface area contributed by atoms with E-state index in [2.05, 4.69) is 10.3 Å². The number of thiazole rings is 2. The number of hydrogen-bond donors (Lipinski definition) is 2. The van der Waals surface area contributed by atoms with Crippen molar-refractivity contribution in [3.05, 3.63) is 95.6 Å². The molecule has 0 spiro atoms. The van der Waals surface area contributed by atoms with Crippen molar-refractivity contribution in [2.75, 3.05) is 5.32 Å². The molecular weight excluding hydrogens is 565 g/mol. The number of rotatable bonds is 5. The molecule has 0 atom stereocenters. The second kappa shape index (κ2) is 10.5. The lowest BCUT2D eigenvalue weighted by molar-refractivity contribution is 0.102. The predicted octanol–water partition coefficient (Wildman–Crippen LogP) is 7.39. The molecule has 2 aromatic heterocycles. The number of quaternary nitrogens is 1. The molecule has 1 amide bonds. The molecule has 6 rings (SSSR count). The molecule has 8 nitrogen and oxygen atoms in total. The maximum absolute atomic E-state index is 12.5. The van der Waals surface area contributed by atoms with E-state index < -0.39 is 10.1 Å². The van der Waals surface area contributed by atoms with Crippen molar-refractivity contribution >= 4 is 64.8 Å². The van der Waals surface area contributed by atoms with Gasteiger partial charge in [0.25, 0.3) is 5.91 Å². The Balaban J connectivity index is 0.00000323. The van der Waals surface area contributed by atoms with E-state index >= 15 is 0 Å². The first-order valence-corrected chi connectivity index (χ1v) is 15.0. The Bertz CT molecular complexity index is 2000. The summed E-state index contributed by atoms with van der Waals surface area (Å²) in [7, 11) is -4.63. The number of amides is 1. The number of hydrogen-bond acceptors (Lipinski definition) is 8. The Kier molecular flexibility index (Phi) is 7.25. The highest BCUT2D eigenvalue weighted by Gasteiger charge is 2.17. The van der Waals surface area contributed by atoms with Crippen molar-refractivity contribution in [1.82, 2.24) is 16.1 Å². The Morgan fingerprint density at radius 3 is 2.12 bits per heavy atom. The van der Waals surface area contributed by atoms with Gasteiger partial charge in [-0.05, 0) is 80.1 Å². The fraction of sp³-hybridized carbons (Fsp3) is 0.0690. The minimum absolute atomic E-state index is 0. The largest absolute Gasteiger partial charge is 0.744 e. The minimum Gasteiger partial charge on any atom is -0.744 e. The molecule has 6 aromatic rings. The van der Waals surface area contributed by atoms with Crippen molar-refractivity contribution < 1.29 is 17.8 Å². The molecule has 4 aromatic carbocycles. The average Bonchev–Trinajstić information content (AvgIpc) is 3.52. The second-order valence-corrected chi connectivity index (χ2v) is 12.5. The quantitative estimate of drug-likeness (QED) is 0.201. The van der Waals surface area contributed by atoms with E-state index in [9.17, 15) is 17.8 Å². The van der Waals surface area contributed by atoms with Crippen LogP contribution in [0.1, 0.15) is 21.5 Å². The van der Waals surface area contributed by atoms with E-state index in [1.165, 1.54) is 22.7 Å².